The number of nitrogens with one attached hydrogen (secondary N) is 5. The van der Waals surface area contributed by atoms with Crippen LogP contribution in [0.1, 0.15) is 58.1 Å². The van der Waals surface area contributed by atoms with Crippen LogP contribution in [0.5, 0.6) is 0 Å². The fourth-order valence-electron chi connectivity index (χ4n) is 3.77. The van der Waals surface area contributed by atoms with E-state index >= 15 is 0 Å². The molecule has 0 spiro atoms. The molecule has 0 saturated carbocycles. The summed E-state index contributed by atoms with van der Waals surface area (Å²) < 4.78 is 11.1. The van der Waals surface area contributed by atoms with Gasteiger partial charge in [-0.3, -0.25) is 5.32 Å². The first-order chi connectivity index (χ1) is 20.0. The number of hydrogen-bond acceptors (Lipinski definition) is 7. The molecule has 3 atom stereocenters. The van der Waals surface area contributed by atoms with Crippen molar-refractivity contribution in [2.75, 3.05) is 29.1 Å². The van der Waals surface area contributed by atoms with Gasteiger partial charge in [-0.25, -0.2) is 19.2 Å². The van der Waals surface area contributed by atoms with Gasteiger partial charge in [-0.1, -0.05) is 31.9 Å². The van der Waals surface area contributed by atoms with E-state index in [0.717, 1.165) is 30.4 Å². The van der Waals surface area contributed by atoms with Crippen molar-refractivity contribution in [3.05, 3.63) is 47.5 Å². The van der Waals surface area contributed by atoms with Crippen LogP contribution in [-0.4, -0.2) is 55.6 Å². The Morgan fingerprint density at radius 1 is 0.905 bits per heavy atom. The molecule has 5 N–H and O–H groups in total. The van der Waals surface area contributed by atoms with Crippen LogP contribution in [0.4, 0.5) is 37.1 Å². The Balaban J connectivity index is 1.75. The van der Waals surface area contributed by atoms with Crippen LogP contribution in [0.25, 0.3) is 0 Å². The van der Waals surface area contributed by atoms with Crippen LogP contribution < -0.4 is 26.6 Å². The summed E-state index contributed by atoms with van der Waals surface area (Å²) in [6.45, 7) is 11.6. The molecule has 12 heteroatoms. The molecule has 228 valence electrons. The minimum absolute atomic E-state index is 0.184. The first-order valence-electron chi connectivity index (χ1n) is 14.0. The third kappa shape index (κ3) is 12.4. The number of aliphatic imine (C=N–C) groups is 1. The fraction of sp³-hybridized carbons (Fsp3) is 0.467. The van der Waals surface area contributed by atoms with Crippen molar-refractivity contribution < 1.29 is 28.7 Å². The number of carbonyl (C=O) groups is 3. The van der Waals surface area contributed by atoms with Crippen molar-refractivity contribution in [2.24, 2.45) is 4.99 Å². The topological polar surface area (TPSA) is 159 Å². The van der Waals surface area contributed by atoms with Gasteiger partial charge in [-0.15, -0.1) is 0 Å². The van der Waals surface area contributed by atoms with Crippen LogP contribution in [0.2, 0.25) is 0 Å². The van der Waals surface area contributed by atoms with Crippen LogP contribution in [0, 0.1) is 13.8 Å². The lowest BCUT2D eigenvalue weighted by Crippen LogP contribution is -2.41. The summed E-state index contributed by atoms with van der Waals surface area (Å²) in [4.78, 5) is 51.2. The molecule has 0 aliphatic rings. The van der Waals surface area contributed by atoms with Gasteiger partial charge in [-0.2, -0.15) is 4.99 Å². The van der Waals surface area contributed by atoms with E-state index < -0.39 is 18.2 Å². The Morgan fingerprint density at radius 2 is 1.60 bits per heavy atom. The predicted molar refractivity (Wildman–Crippen MR) is 163 cm³/mol. The molecule has 0 fully saturated rings. The van der Waals surface area contributed by atoms with Gasteiger partial charge in [0.25, 0.3) is 0 Å². The van der Waals surface area contributed by atoms with Gasteiger partial charge in [-0.05, 0) is 76.4 Å². The van der Waals surface area contributed by atoms with E-state index in [2.05, 4.69) is 38.5 Å². The fourth-order valence-corrected chi connectivity index (χ4v) is 3.77. The molecule has 2 aromatic carbocycles. The quantitative estimate of drug-likeness (QED) is 0.133. The molecular formula is C30H42N6O6. The number of aryl methyl sites for hydroxylation is 2. The highest BCUT2D eigenvalue weighted by Crippen LogP contribution is 2.23. The van der Waals surface area contributed by atoms with Gasteiger partial charge < -0.3 is 30.7 Å². The summed E-state index contributed by atoms with van der Waals surface area (Å²) in [6, 6.07) is 9.04. The second-order valence-electron chi connectivity index (χ2n) is 10.2. The zero-order valence-electron chi connectivity index (χ0n) is 25.1. The maximum atomic E-state index is 12.5. The van der Waals surface area contributed by atoms with Gasteiger partial charge in [0.05, 0.1) is 24.4 Å². The number of isocyanates is 1. The van der Waals surface area contributed by atoms with Gasteiger partial charge in [0.1, 0.15) is 6.10 Å². The lowest BCUT2D eigenvalue weighted by Gasteiger charge is -2.19. The number of carbonyl (C=O) groups excluding carboxylic acids is 4. The van der Waals surface area contributed by atoms with E-state index in [1.165, 1.54) is 6.08 Å². The molecule has 12 nitrogen and oxygen atoms in total. The van der Waals surface area contributed by atoms with Crippen LogP contribution >= 0.6 is 0 Å². The standard InChI is InChI=1S/C30H42N6O6/c1-7-8-9-22(5)42-30(40)35-25-13-11-20(3)27(15-25)36-28(38)31-16-23(6)41-17-21(4)33-29(39)34-24-12-10-19(2)26(14-24)32-18-37/h10-15,21-23H,7-9,16-17H2,1-6H3,(H,35,40)(H2,31,36,38)(H2,33,34,39). The number of benzene rings is 2. The molecular weight excluding hydrogens is 540 g/mol. The Labute approximate surface area is 247 Å². The van der Waals surface area contributed by atoms with Crippen molar-refractivity contribution >= 4 is 47.0 Å². The normalized spacial score (nSPS) is 12.6. The molecule has 2 aromatic rings. The molecule has 42 heavy (non-hydrogen) atoms. The molecule has 5 amide bonds. The summed E-state index contributed by atoms with van der Waals surface area (Å²) in [7, 11) is 0. The van der Waals surface area contributed by atoms with E-state index in [0.29, 0.717) is 22.7 Å². The average Bonchev–Trinajstić information content (AvgIpc) is 2.93. The highest BCUT2D eigenvalue weighted by atomic mass is 16.6. The summed E-state index contributed by atoms with van der Waals surface area (Å²) in [5, 5.41) is 13.7. The number of hydrogen-bond donors (Lipinski definition) is 5. The van der Waals surface area contributed by atoms with E-state index in [-0.39, 0.29) is 31.4 Å². The molecule has 0 aromatic heterocycles. The summed E-state index contributed by atoms with van der Waals surface area (Å²) in [5.41, 5.74) is 3.56. The number of amides is 5. The number of anilines is 3. The maximum absolute atomic E-state index is 12.5. The van der Waals surface area contributed by atoms with Gasteiger partial charge in [0.2, 0.25) is 6.08 Å². The second kappa shape index (κ2) is 17.4. The zero-order valence-corrected chi connectivity index (χ0v) is 25.1. The number of unbranched alkanes of at least 4 members (excludes halogenated alkanes) is 1. The SMILES string of the molecule is CCCCC(C)OC(=O)Nc1ccc(C)c(NC(=O)NCC(C)OCC(C)NC(=O)Nc2ccc(C)c(N=C=O)c2)c1. The van der Waals surface area contributed by atoms with E-state index in [9.17, 15) is 19.2 Å². The first-order valence-corrected chi connectivity index (χ1v) is 14.0. The minimum atomic E-state index is -0.543. The largest absolute Gasteiger partial charge is 0.446 e. The molecule has 0 aliphatic carbocycles. The second-order valence-corrected chi connectivity index (χ2v) is 10.2. The Morgan fingerprint density at radius 3 is 2.29 bits per heavy atom. The van der Waals surface area contributed by atoms with Gasteiger partial charge >= 0.3 is 18.2 Å². The third-order valence-electron chi connectivity index (χ3n) is 6.20. The maximum Gasteiger partial charge on any atom is 0.411 e. The van der Waals surface area contributed by atoms with Crippen molar-refractivity contribution in [2.45, 2.75) is 79.1 Å². The Kier molecular flexibility index (Phi) is 14.0. The van der Waals surface area contributed by atoms with Crippen LogP contribution in [0.3, 0.4) is 0 Å². The summed E-state index contributed by atoms with van der Waals surface area (Å²) in [6.07, 6.45) is 3.25. The molecule has 0 bridgehead atoms. The Hall–Kier alpha value is -4.41. The third-order valence-corrected chi connectivity index (χ3v) is 6.20. The van der Waals surface area contributed by atoms with Crippen molar-refractivity contribution in [1.29, 1.82) is 0 Å². The van der Waals surface area contributed by atoms with E-state index in [4.69, 9.17) is 9.47 Å². The number of ether oxygens (including phenoxy) is 2. The van der Waals surface area contributed by atoms with Crippen LogP contribution in [0.15, 0.2) is 41.4 Å². The highest BCUT2D eigenvalue weighted by molar-refractivity contribution is 5.92. The molecule has 0 saturated heterocycles. The number of rotatable bonds is 14. The first kappa shape index (κ1) is 33.8. The Bertz CT molecular complexity index is 1260. The lowest BCUT2D eigenvalue weighted by atomic mass is 10.2. The van der Waals surface area contributed by atoms with Crippen molar-refractivity contribution in [1.82, 2.24) is 10.6 Å². The number of nitrogens with zero attached hydrogens (tertiary/aromatic N) is 1. The monoisotopic (exact) mass is 582 g/mol. The average molecular weight is 583 g/mol. The minimum Gasteiger partial charge on any atom is -0.446 e. The van der Waals surface area contributed by atoms with E-state index in [1.54, 1.807) is 57.2 Å². The van der Waals surface area contributed by atoms with Crippen molar-refractivity contribution in [3.8, 4) is 0 Å². The molecule has 3 unspecified atom stereocenters. The number of urea groups is 2. The van der Waals surface area contributed by atoms with E-state index in [1.807, 2.05) is 13.8 Å². The molecule has 0 heterocycles. The summed E-state index contributed by atoms with van der Waals surface area (Å²) >= 11 is 0. The molecule has 0 radical (unpaired) electrons. The molecule has 2 rings (SSSR count). The zero-order chi connectivity index (χ0) is 31.1. The highest BCUT2D eigenvalue weighted by Gasteiger charge is 2.14. The molecule has 0 aliphatic heterocycles. The smallest absolute Gasteiger partial charge is 0.411 e. The predicted octanol–water partition coefficient (Wildman–Crippen LogP) is 6.13. The van der Waals surface area contributed by atoms with Crippen LogP contribution in [-0.2, 0) is 14.3 Å². The van der Waals surface area contributed by atoms with Gasteiger partial charge in [0, 0.05) is 23.6 Å². The van der Waals surface area contributed by atoms with Gasteiger partial charge in [0.15, 0.2) is 0 Å². The van der Waals surface area contributed by atoms with Crippen molar-refractivity contribution in [3.63, 3.8) is 0 Å². The summed E-state index contributed by atoms with van der Waals surface area (Å²) in [5.74, 6) is 0. The lowest BCUT2D eigenvalue weighted by molar-refractivity contribution is 0.0565.